The van der Waals surface area contributed by atoms with Crippen molar-refractivity contribution in [3.8, 4) is 0 Å². The molecular weight excluding hydrogens is 325 g/mol. The molecule has 0 radical (unpaired) electrons. The van der Waals surface area contributed by atoms with Crippen LogP contribution in [0.25, 0.3) is 0 Å². The van der Waals surface area contributed by atoms with Gasteiger partial charge in [0.25, 0.3) is 5.91 Å². The van der Waals surface area contributed by atoms with Crippen LogP contribution in [0.2, 0.25) is 0 Å². The molecule has 0 saturated carbocycles. The van der Waals surface area contributed by atoms with E-state index in [-0.39, 0.29) is 30.7 Å². The van der Waals surface area contributed by atoms with Gasteiger partial charge in [0.05, 0.1) is 18.8 Å². The third-order valence-electron chi connectivity index (χ3n) is 3.49. The van der Waals surface area contributed by atoms with Crippen LogP contribution in [-0.4, -0.2) is 50.2 Å². The van der Waals surface area contributed by atoms with Gasteiger partial charge >= 0.3 is 0 Å². The Morgan fingerprint density at radius 3 is 2.59 bits per heavy atom. The molecular formula is C15H25Cl2N3O2. The zero-order valence-corrected chi connectivity index (χ0v) is 14.4. The first-order chi connectivity index (χ1) is 9.66. The van der Waals surface area contributed by atoms with Crippen molar-refractivity contribution in [2.75, 3.05) is 45.1 Å². The number of rotatable bonds is 5. The third kappa shape index (κ3) is 6.40. The van der Waals surface area contributed by atoms with Crippen molar-refractivity contribution in [1.82, 2.24) is 10.2 Å². The van der Waals surface area contributed by atoms with Crippen LogP contribution in [0.1, 0.15) is 17.3 Å². The lowest BCUT2D eigenvalue weighted by molar-refractivity contribution is 0.0317. The minimum Gasteiger partial charge on any atom is -0.398 e. The van der Waals surface area contributed by atoms with Crippen molar-refractivity contribution < 1.29 is 9.53 Å². The third-order valence-corrected chi connectivity index (χ3v) is 3.49. The number of anilines is 1. The summed E-state index contributed by atoms with van der Waals surface area (Å²) in [5.41, 5.74) is 6.86. The zero-order chi connectivity index (χ0) is 14.4. The Morgan fingerprint density at radius 2 is 1.95 bits per heavy atom. The van der Waals surface area contributed by atoms with E-state index in [0.717, 1.165) is 32.8 Å². The Morgan fingerprint density at radius 1 is 1.32 bits per heavy atom. The van der Waals surface area contributed by atoms with Gasteiger partial charge in [-0.15, -0.1) is 24.8 Å². The average Bonchev–Trinajstić information content (AvgIpc) is 2.46. The molecule has 1 heterocycles. The fourth-order valence-electron chi connectivity index (χ4n) is 2.36. The highest BCUT2D eigenvalue weighted by Gasteiger charge is 2.15. The van der Waals surface area contributed by atoms with Gasteiger partial charge < -0.3 is 15.8 Å². The van der Waals surface area contributed by atoms with Crippen LogP contribution in [0.4, 0.5) is 5.69 Å². The lowest BCUT2D eigenvalue weighted by Gasteiger charge is -2.29. The predicted molar refractivity (Wildman–Crippen MR) is 94.1 cm³/mol. The number of nitrogens with one attached hydrogen (secondary N) is 1. The van der Waals surface area contributed by atoms with Gasteiger partial charge in [0, 0.05) is 31.9 Å². The molecule has 1 aliphatic rings. The van der Waals surface area contributed by atoms with Crippen molar-refractivity contribution in [2.45, 2.75) is 6.92 Å². The number of nitrogens with zero attached hydrogens (tertiary/aromatic N) is 1. The Labute approximate surface area is 144 Å². The molecule has 0 aromatic heterocycles. The van der Waals surface area contributed by atoms with E-state index in [1.807, 2.05) is 12.1 Å². The number of carbonyl (C=O) groups excluding carboxylic acids is 1. The number of para-hydroxylation sites is 1. The molecule has 0 bridgehead atoms. The fraction of sp³-hybridized carbons (Fsp3) is 0.533. The maximum absolute atomic E-state index is 12.0. The van der Waals surface area contributed by atoms with Crippen LogP contribution < -0.4 is 11.1 Å². The van der Waals surface area contributed by atoms with Gasteiger partial charge in [0.1, 0.15) is 0 Å². The van der Waals surface area contributed by atoms with E-state index < -0.39 is 0 Å². The summed E-state index contributed by atoms with van der Waals surface area (Å²) < 4.78 is 5.33. The molecule has 1 fully saturated rings. The van der Waals surface area contributed by atoms with Gasteiger partial charge in [0.15, 0.2) is 0 Å². The van der Waals surface area contributed by atoms with Gasteiger partial charge in [-0.2, -0.15) is 0 Å². The van der Waals surface area contributed by atoms with E-state index >= 15 is 0 Å². The highest BCUT2D eigenvalue weighted by molar-refractivity contribution is 5.99. The van der Waals surface area contributed by atoms with Crippen LogP contribution in [0.3, 0.4) is 0 Å². The summed E-state index contributed by atoms with van der Waals surface area (Å²) in [5, 5.41) is 2.95. The molecule has 22 heavy (non-hydrogen) atoms. The second-order valence-corrected chi connectivity index (χ2v) is 5.32. The summed E-state index contributed by atoms with van der Waals surface area (Å²) in [4.78, 5) is 14.4. The maximum Gasteiger partial charge on any atom is 0.253 e. The Balaban J connectivity index is 0.00000220. The number of carbonyl (C=O) groups is 1. The van der Waals surface area contributed by atoms with E-state index in [9.17, 15) is 4.79 Å². The Kier molecular flexibility index (Phi) is 10.2. The van der Waals surface area contributed by atoms with Crippen LogP contribution >= 0.6 is 24.8 Å². The zero-order valence-electron chi connectivity index (χ0n) is 12.8. The van der Waals surface area contributed by atoms with E-state index in [0.29, 0.717) is 23.7 Å². The molecule has 1 atom stereocenters. The topological polar surface area (TPSA) is 67.6 Å². The van der Waals surface area contributed by atoms with Crippen molar-refractivity contribution in [2.24, 2.45) is 5.92 Å². The normalized spacial score (nSPS) is 16.0. The van der Waals surface area contributed by atoms with Gasteiger partial charge in [-0.05, 0) is 18.1 Å². The number of nitrogens with two attached hydrogens (primary N) is 1. The number of ether oxygens (including phenoxy) is 1. The molecule has 1 amide bonds. The number of morpholine rings is 1. The van der Waals surface area contributed by atoms with Crippen LogP contribution in [0, 0.1) is 5.92 Å². The Bertz CT molecular complexity index is 454. The van der Waals surface area contributed by atoms with E-state index in [1.165, 1.54) is 0 Å². The molecule has 1 aliphatic heterocycles. The van der Waals surface area contributed by atoms with Crippen LogP contribution in [0.5, 0.6) is 0 Å². The molecule has 0 aliphatic carbocycles. The van der Waals surface area contributed by atoms with Crippen molar-refractivity contribution in [1.29, 1.82) is 0 Å². The number of benzene rings is 1. The maximum atomic E-state index is 12.0. The highest BCUT2D eigenvalue weighted by Crippen LogP contribution is 2.10. The summed E-state index contributed by atoms with van der Waals surface area (Å²) >= 11 is 0. The van der Waals surface area contributed by atoms with Crippen molar-refractivity contribution in [3.05, 3.63) is 29.8 Å². The van der Waals surface area contributed by atoms with Gasteiger partial charge in [0.2, 0.25) is 0 Å². The molecule has 1 aromatic carbocycles. The monoisotopic (exact) mass is 349 g/mol. The van der Waals surface area contributed by atoms with Gasteiger partial charge in [-0.3, -0.25) is 9.69 Å². The van der Waals surface area contributed by atoms with Crippen LogP contribution in [0.15, 0.2) is 24.3 Å². The molecule has 1 saturated heterocycles. The summed E-state index contributed by atoms with van der Waals surface area (Å²) in [6.45, 7) is 7.34. The minimum absolute atomic E-state index is 0. The average molecular weight is 350 g/mol. The number of hydrogen-bond acceptors (Lipinski definition) is 4. The first-order valence-electron chi connectivity index (χ1n) is 7.09. The first kappa shape index (κ1) is 21.0. The number of nitrogen functional groups attached to an aromatic ring is 1. The molecule has 7 heteroatoms. The lowest BCUT2D eigenvalue weighted by Crippen LogP contribution is -2.41. The highest BCUT2D eigenvalue weighted by atomic mass is 35.5. The SMILES string of the molecule is CC(CNC(=O)c1ccccc1N)CN1CCOCC1.Cl.Cl. The second kappa shape index (κ2) is 10.7. The van der Waals surface area contributed by atoms with E-state index in [2.05, 4.69) is 17.1 Å². The summed E-state index contributed by atoms with van der Waals surface area (Å²) in [5.74, 6) is 0.305. The first-order valence-corrected chi connectivity index (χ1v) is 7.09. The second-order valence-electron chi connectivity index (χ2n) is 5.32. The Hall–Kier alpha value is -1.01. The van der Waals surface area contributed by atoms with E-state index in [4.69, 9.17) is 10.5 Å². The largest absolute Gasteiger partial charge is 0.398 e. The standard InChI is InChI=1S/C15H23N3O2.2ClH/c1-12(11-18-6-8-20-9-7-18)10-17-15(19)13-4-2-3-5-14(13)16;;/h2-5,12H,6-11,16H2,1H3,(H,17,19);2*1H. The molecule has 1 aromatic rings. The van der Waals surface area contributed by atoms with Gasteiger partial charge in [-0.1, -0.05) is 19.1 Å². The predicted octanol–water partition coefficient (Wildman–Crippen LogP) is 1.81. The van der Waals surface area contributed by atoms with Gasteiger partial charge in [-0.25, -0.2) is 0 Å². The smallest absolute Gasteiger partial charge is 0.253 e. The number of halogens is 2. The summed E-state index contributed by atoms with van der Waals surface area (Å²) in [7, 11) is 0. The molecule has 2 rings (SSSR count). The lowest BCUT2D eigenvalue weighted by atomic mass is 10.1. The molecule has 3 N–H and O–H groups in total. The molecule has 126 valence electrons. The van der Waals surface area contributed by atoms with Crippen molar-refractivity contribution in [3.63, 3.8) is 0 Å². The van der Waals surface area contributed by atoms with Crippen LogP contribution in [-0.2, 0) is 4.74 Å². The van der Waals surface area contributed by atoms with E-state index in [1.54, 1.807) is 12.1 Å². The summed E-state index contributed by atoms with van der Waals surface area (Å²) in [6, 6.07) is 7.14. The molecule has 0 spiro atoms. The number of amides is 1. The van der Waals surface area contributed by atoms with Crippen molar-refractivity contribution >= 4 is 36.4 Å². The summed E-state index contributed by atoms with van der Waals surface area (Å²) in [6.07, 6.45) is 0. The minimum atomic E-state index is -0.100. The fourth-order valence-corrected chi connectivity index (χ4v) is 2.36. The number of hydrogen-bond donors (Lipinski definition) is 2. The quantitative estimate of drug-likeness (QED) is 0.795. The molecule has 1 unspecified atom stereocenters. The molecule has 5 nitrogen and oxygen atoms in total.